The van der Waals surface area contributed by atoms with Gasteiger partial charge in [-0.25, -0.2) is 0 Å². The van der Waals surface area contributed by atoms with E-state index < -0.39 is 0 Å². The largest absolute Gasteiger partial charge is 0.326 e. The van der Waals surface area contributed by atoms with E-state index in [1.54, 1.807) is 0 Å². The van der Waals surface area contributed by atoms with Crippen molar-refractivity contribution in [2.24, 2.45) is 0 Å². The van der Waals surface area contributed by atoms with Crippen LogP contribution in [0.5, 0.6) is 0 Å². The number of aryl methyl sites for hydroxylation is 1. The summed E-state index contributed by atoms with van der Waals surface area (Å²) in [6, 6.07) is 6.27. The maximum absolute atomic E-state index is 11.2. The smallest absolute Gasteiger partial charge is 0.224 e. The molecule has 0 unspecified atom stereocenters. The number of carbonyl (C=O) groups is 1. The SMILES string of the molecule is O=C1CCc2cc(CCNCS)ccc2N1. The molecule has 1 amide bonds. The van der Waals surface area contributed by atoms with Gasteiger partial charge < -0.3 is 10.6 Å². The number of benzene rings is 1. The van der Waals surface area contributed by atoms with Crippen LogP contribution in [0.15, 0.2) is 18.2 Å². The van der Waals surface area contributed by atoms with Gasteiger partial charge in [-0.05, 0) is 36.6 Å². The molecule has 1 aliphatic heterocycles. The monoisotopic (exact) mass is 236 g/mol. The van der Waals surface area contributed by atoms with Crippen LogP contribution in [-0.4, -0.2) is 18.3 Å². The predicted molar refractivity (Wildman–Crippen MR) is 69.0 cm³/mol. The first-order valence-electron chi connectivity index (χ1n) is 5.53. The average Bonchev–Trinajstić information content (AvgIpc) is 2.29. The second-order valence-corrected chi connectivity index (χ2v) is 4.26. The molecular weight excluding hydrogens is 220 g/mol. The van der Waals surface area contributed by atoms with Gasteiger partial charge in [0.05, 0.1) is 0 Å². The third kappa shape index (κ3) is 2.77. The second-order valence-electron chi connectivity index (χ2n) is 3.95. The molecule has 4 heteroatoms. The summed E-state index contributed by atoms with van der Waals surface area (Å²) in [5.74, 6) is 0.832. The van der Waals surface area contributed by atoms with Crippen LogP contribution in [-0.2, 0) is 17.6 Å². The summed E-state index contributed by atoms with van der Waals surface area (Å²) in [6.45, 7) is 0.939. The Kier molecular flexibility index (Phi) is 3.85. The Hall–Kier alpha value is -1.00. The average molecular weight is 236 g/mol. The molecule has 0 spiro atoms. The molecule has 0 atom stereocenters. The molecule has 2 rings (SSSR count). The van der Waals surface area contributed by atoms with E-state index in [9.17, 15) is 4.79 Å². The zero-order chi connectivity index (χ0) is 11.4. The number of hydrogen-bond acceptors (Lipinski definition) is 3. The fraction of sp³-hybridized carbons (Fsp3) is 0.417. The van der Waals surface area contributed by atoms with E-state index in [0.717, 1.165) is 25.1 Å². The molecule has 0 bridgehead atoms. The van der Waals surface area contributed by atoms with E-state index in [2.05, 4.69) is 35.4 Å². The number of carbonyl (C=O) groups excluding carboxylic acids is 1. The quantitative estimate of drug-likeness (QED) is 0.422. The zero-order valence-corrected chi connectivity index (χ0v) is 10.0. The van der Waals surface area contributed by atoms with Crippen molar-refractivity contribution < 1.29 is 4.79 Å². The van der Waals surface area contributed by atoms with Crippen LogP contribution in [0.1, 0.15) is 17.5 Å². The molecule has 0 aliphatic carbocycles. The van der Waals surface area contributed by atoms with Crippen molar-refractivity contribution in [2.75, 3.05) is 17.7 Å². The van der Waals surface area contributed by atoms with E-state index in [-0.39, 0.29) is 5.91 Å². The van der Waals surface area contributed by atoms with Crippen LogP contribution < -0.4 is 10.6 Å². The lowest BCUT2D eigenvalue weighted by Crippen LogP contribution is -2.19. The summed E-state index contributed by atoms with van der Waals surface area (Å²) in [4.78, 5) is 11.2. The Morgan fingerprint density at radius 1 is 1.38 bits per heavy atom. The van der Waals surface area contributed by atoms with Crippen molar-refractivity contribution in [3.8, 4) is 0 Å². The molecule has 86 valence electrons. The molecule has 0 saturated heterocycles. The third-order valence-corrected chi connectivity index (χ3v) is 2.99. The number of hydrogen-bond donors (Lipinski definition) is 3. The summed E-state index contributed by atoms with van der Waals surface area (Å²) >= 11 is 4.10. The van der Waals surface area contributed by atoms with Crippen molar-refractivity contribution in [2.45, 2.75) is 19.3 Å². The first-order valence-corrected chi connectivity index (χ1v) is 6.16. The van der Waals surface area contributed by atoms with Crippen LogP contribution in [0.3, 0.4) is 0 Å². The van der Waals surface area contributed by atoms with Crippen LogP contribution in [0.2, 0.25) is 0 Å². The summed E-state index contributed by atoms with van der Waals surface area (Å²) in [5.41, 5.74) is 3.54. The van der Waals surface area contributed by atoms with Gasteiger partial charge in [-0.1, -0.05) is 12.1 Å². The molecular formula is C12H16N2OS. The number of rotatable bonds is 4. The fourth-order valence-corrected chi connectivity index (χ4v) is 2.06. The molecule has 0 radical (unpaired) electrons. The molecule has 1 heterocycles. The number of nitrogens with one attached hydrogen (secondary N) is 2. The van der Waals surface area contributed by atoms with E-state index in [1.165, 1.54) is 11.1 Å². The van der Waals surface area contributed by atoms with Gasteiger partial charge in [0.25, 0.3) is 0 Å². The van der Waals surface area contributed by atoms with E-state index >= 15 is 0 Å². The third-order valence-electron chi connectivity index (χ3n) is 2.77. The van der Waals surface area contributed by atoms with Crippen molar-refractivity contribution in [3.05, 3.63) is 29.3 Å². The summed E-state index contributed by atoms with van der Waals surface area (Å²) < 4.78 is 0. The minimum atomic E-state index is 0.122. The first-order chi connectivity index (χ1) is 7.79. The van der Waals surface area contributed by atoms with E-state index in [0.29, 0.717) is 12.3 Å². The van der Waals surface area contributed by atoms with Gasteiger partial charge in [0.15, 0.2) is 0 Å². The number of amides is 1. The molecule has 16 heavy (non-hydrogen) atoms. The maximum atomic E-state index is 11.2. The van der Waals surface area contributed by atoms with Gasteiger partial charge in [-0.3, -0.25) is 4.79 Å². The van der Waals surface area contributed by atoms with Crippen LogP contribution in [0.4, 0.5) is 5.69 Å². The lowest BCUT2D eigenvalue weighted by atomic mass is 9.99. The van der Waals surface area contributed by atoms with E-state index in [1.807, 2.05) is 6.07 Å². The number of thiol groups is 1. The first kappa shape index (κ1) is 11.5. The Labute approximate surface area is 101 Å². The van der Waals surface area contributed by atoms with Gasteiger partial charge in [0.2, 0.25) is 5.91 Å². The molecule has 1 aromatic rings. The highest BCUT2D eigenvalue weighted by Gasteiger charge is 2.14. The molecule has 0 saturated carbocycles. The second kappa shape index (κ2) is 5.37. The van der Waals surface area contributed by atoms with E-state index in [4.69, 9.17) is 0 Å². The highest BCUT2D eigenvalue weighted by Crippen LogP contribution is 2.23. The number of anilines is 1. The van der Waals surface area contributed by atoms with Gasteiger partial charge in [-0.2, -0.15) is 12.6 Å². The zero-order valence-electron chi connectivity index (χ0n) is 9.12. The Morgan fingerprint density at radius 2 is 2.25 bits per heavy atom. The molecule has 2 N–H and O–H groups in total. The molecule has 0 aromatic heterocycles. The molecule has 1 aliphatic rings. The lowest BCUT2D eigenvalue weighted by Gasteiger charge is -2.17. The summed E-state index contributed by atoms with van der Waals surface area (Å²) in [7, 11) is 0. The normalized spacial score (nSPS) is 14.4. The number of fused-ring (bicyclic) bond motifs is 1. The Morgan fingerprint density at radius 3 is 3.06 bits per heavy atom. The van der Waals surface area contributed by atoms with Crippen LogP contribution >= 0.6 is 12.6 Å². The van der Waals surface area contributed by atoms with Crippen molar-refractivity contribution >= 4 is 24.2 Å². The summed E-state index contributed by atoms with van der Waals surface area (Å²) in [5, 5.41) is 6.07. The lowest BCUT2D eigenvalue weighted by molar-refractivity contribution is -0.116. The van der Waals surface area contributed by atoms with Gasteiger partial charge >= 0.3 is 0 Å². The maximum Gasteiger partial charge on any atom is 0.224 e. The highest BCUT2D eigenvalue weighted by molar-refractivity contribution is 7.80. The Balaban J connectivity index is 2.04. The molecule has 0 fully saturated rings. The Bertz CT molecular complexity index is 393. The topological polar surface area (TPSA) is 41.1 Å². The molecule has 1 aromatic carbocycles. The van der Waals surface area contributed by atoms with Crippen molar-refractivity contribution in [1.82, 2.24) is 5.32 Å². The standard InChI is InChI=1S/C12H16N2OS/c15-12-4-2-10-7-9(5-6-13-8-16)1-3-11(10)14-12/h1,3,7,13,16H,2,4-6,8H2,(H,14,15). The van der Waals surface area contributed by atoms with Crippen molar-refractivity contribution in [1.29, 1.82) is 0 Å². The molecule has 3 nitrogen and oxygen atoms in total. The van der Waals surface area contributed by atoms with Gasteiger partial charge in [0, 0.05) is 18.0 Å². The van der Waals surface area contributed by atoms with Gasteiger partial charge in [-0.15, -0.1) is 0 Å². The summed E-state index contributed by atoms with van der Waals surface area (Å²) in [6.07, 6.45) is 2.46. The van der Waals surface area contributed by atoms with Gasteiger partial charge in [0.1, 0.15) is 0 Å². The van der Waals surface area contributed by atoms with Crippen LogP contribution in [0.25, 0.3) is 0 Å². The van der Waals surface area contributed by atoms with Crippen molar-refractivity contribution in [3.63, 3.8) is 0 Å². The highest BCUT2D eigenvalue weighted by atomic mass is 32.1. The fourth-order valence-electron chi connectivity index (χ4n) is 1.90. The minimum Gasteiger partial charge on any atom is -0.326 e. The minimum absolute atomic E-state index is 0.122. The predicted octanol–water partition coefficient (Wildman–Crippen LogP) is 1.59. The van der Waals surface area contributed by atoms with Crippen LogP contribution in [0, 0.1) is 0 Å².